The topological polar surface area (TPSA) is 101 Å². The summed E-state index contributed by atoms with van der Waals surface area (Å²) in [5.41, 5.74) is 2.98. The molecule has 7 heteroatoms. The summed E-state index contributed by atoms with van der Waals surface area (Å²) in [6, 6.07) is 11.5. The Labute approximate surface area is 131 Å². The number of H-pyrrole nitrogens is 1. The zero-order chi connectivity index (χ0) is 16.4. The highest BCUT2D eigenvalue weighted by Crippen LogP contribution is 2.14. The van der Waals surface area contributed by atoms with E-state index in [9.17, 15) is 14.9 Å². The third-order valence-corrected chi connectivity index (χ3v) is 3.42. The zero-order valence-electron chi connectivity index (χ0n) is 12.4. The van der Waals surface area contributed by atoms with Crippen LogP contribution in [0, 0.1) is 17.0 Å². The minimum atomic E-state index is -0.529. The van der Waals surface area contributed by atoms with Crippen LogP contribution >= 0.6 is 0 Å². The van der Waals surface area contributed by atoms with Crippen molar-refractivity contribution in [3.63, 3.8) is 0 Å². The number of carbonyl (C=O) groups excluding carboxylic acids is 1. The van der Waals surface area contributed by atoms with Gasteiger partial charge in [-0.2, -0.15) is 0 Å². The molecular weight excluding hydrogens is 296 g/mol. The van der Waals surface area contributed by atoms with Crippen molar-refractivity contribution in [3.05, 3.63) is 69.5 Å². The molecule has 0 spiro atoms. The molecule has 0 radical (unpaired) electrons. The highest BCUT2D eigenvalue weighted by molar-refractivity contribution is 5.94. The Hall–Kier alpha value is -3.22. The second-order valence-corrected chi connectivity index (χ2v) is 5.19. The molecule has 116 valence electrons. The van der Waals surface area contributed by atoms with Crippen LogP contribution in [-0.4, -0.2) is 20.8 Å². The number of rotatable bonds is 4. The van der Waals surface area contributed by atoms with Gasteiger partial charge in [-0.3, -0.25) is 14.9 Å². The number of benzene rings is 2. The first-order valence-electron chi connectivity index (χ1n) is 7.01. The van der Waals surface area contributed by atoms with Crippen LogP contribution in [0.3, 0.4) is 0 Å². The predicted molar refractivity (Wildman–Crippen MR) is 85.1 cm³/mol. The molecule has 0 bridgehead atoms. The first-order chi connectivity index (χ1) is 11.0. The molecule has 1 amide bonds. The van der Waals surface area contributed by atoms with Gasteiger partial charge in [0.15, 0.2) is 0 Å². The van der Waals surface area contributed by atoms with Crippen molar-refractivity contribution in [3.8, 4) is 0 Å². The Morgan fingerprint density at radius 3 is 2.91 bits per heavy atom. The van der Waals surface area contributed by atoms with Gasteiger partial charge >= 0.3 is 0 Å². The molecule has 3 rings (SSSR count). The fourth-order valence-electron chi connectivity index (χ4n) is 2.29. The van der Waals surface area contributed by atoms with E-state index in [1.54, 1.807) is 0 Å². The number of fused-ring (bicyclic) bond motifs is 1. The molecule has 2 N–H and O–H groups in total. The van der Waals surface area contributed by atoms with E-state index in [0.717, 1.165) is 16.6 Å². The number of hydrogen-bond donors (Lipinski definition) is 2. The monoisotopic (exact) mass is 310 g/mol. The van der Waals surface area contributed by atoms with Gasteiger partial charge in [0.25, 0.3) is 11.6 Å². The van der Waals surface area contributed by atoms with E-state index in [4.69, 9.17) is 0 Å². The molecule has 0 aliphatic carbocycles. The molecule has 1 aromatic heterocycles. The van der Waals surface area contributed by atoms with E-state index in [1.807, 2.05) is 25.1 Å². The average molecular weight is 310 g/mol. The summed E-state index contributed by atoms with van der Waals surface area (Å²) in [5, 5.41) is 13.4. The minimum absolute atomic E-state index is 0.114. The van der Waals surface area contributed by atoms with Crippen LogP contribution < -0.4 is 5.32 Å². The van der Waals surface area contributed by atoms with Crippen LogP contribution in [0.4, 0.5) is 5.69 Å². The first-order valence-corrected chi connectivity index (χ1v) is 7.01. The molecule has 23 heavy (non-hydrogen) atoms. The van der Waals surface area contributed by atoms with Crippen LogP contribution in [0.2, 0.25) is 0 Å². The lowest BCUT2D eigenvalue weighted by atomic mass is 10.2. The van der Waals surface area contributed by atoms with Crippen LogP contribution in [0.25, 0.3) is 11.0 Å². The normalized spacial score (nSPS) is 10.7. The number of aromatic nitrogens is 2. The van der Waals surface area contributed by atoms with E-state index in [-0.39, 0.29) is 23.7 Å². The maximum absolute atomic E-state index is 12.1. The largest absolute Gasteiger partial charge is 0.345 e. The maximum atomic E-state index is 12.1. The van der Waals surface area contributed by atoms with Gasteiger partial charge in [-0.15, -0.1) is 0 Å². The Bertz CT molecular complexity index is 901. The van der Waals surface area contributed by atoms with Crippen molar-refractivity contribution < 1.29 is 9.72 Å². The second-order valence-electron chi connectivity index (χ2n) is 5.19. The van der Waals surface area contributed by atoms with Gasteiger partial charge in [-0.05, 0) is 30.7 Å². The lowest BCUT2D eigenvalue weighted by Gasteiger charge is -2.03. The van der Waals surface area contributed by atoms with Crippen molar-refractivity contribution in [1.29, 1.82) is 0 Å². The predicted octanol–water partition coefficient (Wildman–Crippen LogP) is 2.71. The summed E-state index contributed by atoms with van der Waals surface area (Å²) >= 11 is 0. The Balaban J connectivity index is 1.72. The standard InChI is InChI=1S/C16H14N4O3/c1-10-5-6-13-14(7-10)19-15(18-13)9-17-16(21)11-3-2-4-12(8-11)20(22)23/h2-8H,9H2,1H3,(H,17,21)(H,18,19). The fourth-order valence-corrected chi connectivity index (χ4v) is 2.29. The number of nitrogens with one attached hydrogen (secondary N) is 2. The molecule has 0 atom stereocenters. The highest BCUT2D eigenvalue weighted by Gasteiger charge is 2.12. The van der Waals surface area contributed by atoms with Gasteiger partial charge in [0.1, 0.15) is 5.82 Å². The summed E-state index contributed by atoms with van der Waals surface area (Å²) in [6.45, 7) is 2.21. The molecule has 0 fully saturated rings. The molecule has 0 saturated heterocycles. The number of nitrogens with zero attached hydrogens (tertiary/aromatic N) is 2. The van der Waals surface area contributed by atoms with E-state index in [1.165, 1.54) is 24.3 Å². The molecular formula is C16H14N4O3. The lowest BCUT2D eigenvalue weighted by Crippen LogP contribution is -2.23. The SMILES string of the molecule is Cc1ccc2nc(CNC(=O)c3cccc([N+](=O)[O-])c3)[nH]c2c1. The van der Waals surface area contributed by atoms with Crippen molar-refractivity contribution in [2.24, 2.45) is 0 Å². The Morgan fingerprint density at radius 1 is 1.30 bits per heavy atom. The number of non-ortho nitro benzene ring substituents is 1. The molecule has 0 aliphatic heterocycles. The zero-order valence-corrected chi connectivity index (χ0v) is 12.4. The average Bonchev–Trinajstić information content (AvgIpc) is 2.94. The summed E-state index contributed by atoms with van der Waals surface area (Å²) in [5.74, 6) is 0.245. The van der Waals surface area contributed by atoms with E-state index in [2.05, 4.69) is 15.3 Å². The van der Waals surface area contributed by atoms with Gasteiger partial charge in [-0.25, -0.2) is 4.98 Å². The van der Waals surface area contributed by atoms with Crippen molar-refractivity contribution in [2.45, 2.75) is 13.5 Å². The highest BCUT2D eigenvalue weighted by atomic mass is 16.6. The van der Waals surface area contributed by atoms with Gasteiger partial charge < -0.3 is 10.3 Å². The number of nitro benzene ring substituents is 1. The van der Waals surface area contributed by atoms with Crippen molar-refractivity contribution in [2.75, 3.05) is 0 Å². The summed E-state index contributed by atoms with van der Waals surface area (Å²) in [4.78, 5) is 29.8. The van der Waals surface area contributed by atoms with Crippen LogP contribution in [0.5, 0.6) is 0 Å². The van der Waals surface area contributed by atoms with Crippen molar-refractivity contribution >= 4 is 22.6 Å². The summed E-state index contributed by atoms with van der Waals surface area (Å²) in [7, 11) is 0. The fraction of sp³-hybridized carbons (Fsp3) is 0.125. The Kier molecular flexibility index (Phi) is 3.76. The lowest BCUT2D eigenvalue weighted by molar-refractivity contribution is -0.384. The number of nitro groups is 1. The molecule has 1 heterocycles. The number of amides is 1. The van der Waals surface area contributed by atoms with Gasteiger partial charge in [0.05, 0.1) is 22.5 Å². The molecule has 7 nitrogen and oxygen atoms in total. The van der Waals surface area contributed by atoms with E-state index in [0.29, 0.717) is 5.82 Å². The summed E-state index contributed by atoms with van der Waals surface area (Å²) in [6.07, 6.45) is 0. The smallest absolute Gasteiger partial charge is 0.270 e. The molecule has 0 saturated carbocycles. The van der Waals surface area contributed by atoms with Gasteiger partial charge in [0, 0.05) is 17.7 Å². The maximum Gasteiger partial charge on any atom is 0.270 e. The molecule has 0 aliphatic rings. The minimum Gasteiger partial charge on any atom is -0.345 e. The van der Waals surface area contributed by atoms with Crippen LogP contribution in [-0.2, 0) is 6.54 Å². The number of carbonyl (C=O) groups is 1. The molecule has 0 unspecified atom stereocenters. The third kappa shape index (κ3) is 3.18. The van der Waals surface area contributed by atoms with E-state index >= 15 is 0 Å². The number of aryl methyl sites for hydroxylation is 1. The van der Waals surface area contributed by atoms with Gasteiger partial charge in [0.2, 0.25) is 0 Å². The molecule has 3 aromatic rings. The number of imidazole rings is 1. The van der Waals surface area contributed by atoms with Crippen molar-refractivity contribution in [1.82, 2.24) is 15.3 Å². The molecule has 2 aromatic carbocycles. The quantitative estimate of drug-likeness (QED) is 0.571. The number of hydrogen-bond acceptors (Lipinski definition) is 4. The van der Waals surface area contributed by atoms with E-state index < -0.39 is 4.92 Å². The first kappa shape index (κ1) is 14.7. The van der Waals surface area contributed by atoms with Gasteiger partial charge in [-0.1, -0.05) is 12.1 Å². The third-order valence-electron chi connectivity index (χ3n) is 3.42. The summed E-state index contributed by atoms with van der Waals surface area (Å²) < 4.78 is 0. The number of aromatic amines is 1. The second kappa shape index (κ2) is 5.88. The Morgan fingerprint density at radius 2 is 2.13 bits per heavy atom. The van der Waals surface area contributed by atoms with Crippen LogP contribution in [0.1, 0.15) is 21.7 Å². The van der Waals surface area contributed by atoms with Crippen LogP contribution in [0.15, 0.2) is 42.5 Å².